The first-order chi connectivity index (χ1) is 9.12. The van der Waals surface area contributed by atoms with Gasteiger partial charge in [0, 0.05) is 6.20 Å². The summed E-state index contributed by atoms with van der Waals surface area (Å²) in [5, 5.41) is 0. The molecule has 19 heavy (non-hydrogen) atoms. The molecule has 0 aliphatic carbocycles. The average Bonchev–Trinajstić information content (AvgIpc) is 2.40. The molecule has 0 unspecified atom stereocenters. The Morgan fingerprint density at radius 2 is 1.84 bits per heavy atom. The van der Waals surface area contributed by atoms with Gasteiger partial charge in [0.15, 0.2) is 0 Å². The van der Waals surface area contributed by atoms with Crippen molar-refractivity contribution < 1.29 is 8.42 Å². The second-order valence-corrected chi connectivity index (χ2v) is 5.69. The molecule has 0 bridgehead atoms. The van der Waals surface area contributed by atoms with Crippen molar-refractivity contribution in [3.8, 4) is 0 Å². The predicted octanol–water partition coefficient (Wildman–Crippen LogP) is 1.38. The van der Waals surface area contributed by atoms with Gasteiger partial charge >= 0.3 is 0 Å². The van der Waals surface area contributed by atoms with Crippen LogP contribution in [0.4, 0.5) is 5.82 Å². The second-order valence-electron chi connectivity index (χ2n) is 4.00. The smallest absolute Gasteiger partial charge is 0.263 e. The van der Waals surface area contributed by atoms with Gasteiger partial charge in [-0.2, -0.15) is 0 Å². The van der Waals surface area contributed by atoms with Gasteiger partial charge in [0.1, 0.15) is 5.82 Å². The topological polar surface area (TPSA) is 85.1 Å². The first kappa shape index (κ1) is 13.5. The van der Waals surface area contributed by atoms with Crippen molar-refractivity contribution in [1.82, 2.24) is 4.98 Å². The molecule has 6 heteroatoms. The zero-order chi connectivity index (χ0) is 13.7. The van der Waals surface area contributed by atoms with Gasteiger partial charge in [-0.1, -0.05) is 18.2 Å². The molecule has 0 spiro atoms. The van der Waals surface area contributed by atoms with E-state index in [0.717, 1.165) is 12.0 Å². The molecule has 0 fully saturated rings. The number of nitrogens with two attached hydrogens (primary N) is 1. The van der Waals surface area contributed by atoms with E-state index >= 15 is 0 Å². The van der Waals surface area contributed by atoms with Crippen molar-refractivity contribution in [2.45, 2.75) is 11.3 Å². The lowest BCUT2D eigenvalue weighted by Crippen LogP contribution is -2.13. The number of sulfonamides is 1. The van der Waals surface area contributed by atoms with E-state index < -0.39 is 10.0 Å². The van der Waals surface area contributed by atoms with E-state index in [1.165, 1.54) is 6.20 Å². The summed E-state index contributed by atoms with van der Waals surface area (Å²) in [6.07, 6.45) is 2.26. The summed E-state index contributed by atoms with van der Waals surface area (Å²) < 4.78 is 26.6. The maximum atomic E-state index is 12.1. The normalized spacial score (nSPS) is 11.2. The molecule has 3 N–H and O–H groups in total. The van der Waals surface area contributed by atoms with Gasteiger partial charge in [-0.3, -0.25) is 4.72 Å². The van der Waals surface area contributed by atoms with Gasteiger partial charge in [-0.25, -0.2) is 13.4 Å². The van der Waals surface area contributed by atoms with Crippen LogP contribution in [0.5, 0.6) is 0 Å². The minimum Gasteiger partial charge on any atom is -0.330 e. The summed E-state index contributed by atoms with van der Waals surface area (Å²) in [4.78, 5) is 4.14. The van der Waals surface area contributed by atoms with Crippen LogP contribution in [0, 0.1) is 0 Å². The van der Waals surface area contributed by atoms with Crippen LogP contribution in [-0.4, -0.2) is 19.9 Å². The highest BCUT2D eigenvalue weighted by atomic mass is 32.2. The molecular weight excluding hydrogens is 262 g/mol. The number of anilines is 1. The molecule has 0 amide bonds. The van der Waals surface area contributed by atoms with Crippen molar-refractivity contribution in [2.75, 3.05) is 11.3 Å². The fraction of sp³-hybridized carbons (Fsp3) is 0.154. The van der Waals surface area contributed by atoms with E-state index in [-0.39, 0.29) is 4.90 Å². The van der Waals surface area contributed by atoms with Gasteiger partial charge < -0.3 is 5.73 Å². The molecule has 1 heterocycles. The lowest BCUT2D eigenvalue weighted by atomic mass is 10.2. The maximum absolute atomic E-state index is 12.1. The van der Waals surface area contributed by atoms with Crippen LogP contribution in [0.3, 0.4) is 0 Å². The van der Waals surface area contributed by atoms with Crippen LogP contribution in [-0.2, 0) is 16.4 Å². The van der Waals surface area contributed by atoms with Crippen LogP contribution in [0.15, 0.2) is 53.6 Å². The van der Waals surface area contributed by atoms with Crippen molar-refractivity contribution in [3.63, 3.8) is 0 Å². The molecule has 0 atom stereocenters. The summed E-state index contributed by atoms with van der Waals surface area (Å²) in [7, 11) is -3.59. The SMILES string of the molecule is NCCc1ccc(S(=O)(=O)Nc2ccccn2)cc1. The molecule has 0 aliphatic rings. The third-order valence-corrected chi connectivity index (χ3v) is 3.94. The molecule has 0 saturated heterocycles. The number of pyridine rings is 1. The Kier molecular flexibility index (Phi) is 4.13. The lowest BCUT2D eigenvalue weighted by Gasteiger charge is -2.07. The van der Waals surface area contributed by atoms with Gasteiger partial charge in [0.25, 0.3) is 10.0 Å². The monoisotopic (exact) mass is 277 g/mol. The predicted molar refractivity (Wildman–Crippen MR) is 74.2 cm³/mol. The standard InChI is InChI=1S/C13H15N3O2S/c14-9-8-11-4-6-12(7-5-11)19(17,18)16-13-3-1-2-10-15-13/h1-7,10H,8-9,14H2,(H,15,16). The number of nitrogens with one attached hydrogen (secondary N) is 1. The quantitative estimate of drug-likeness (QED) is 0.864. The third-order valence-electron chi connectivity index (χ3n) is 2.57. The number of nitrogens with zero attached hydrogens (tertiary/aromatic N) is 1. The van der Waals surface area contributed by atoms with Crippen LogP contribution in [0.2, 0.25) is 0 Å². The zero-order valence-corrected chi connectivity index (χ0v) is 11.1. The third kappa shape index (κ3) is 3.52. The molecule has 1 aromatic heterocycles. The van der Waals surface area contributed by atoms with E-state index in [4.69, 9.17) is 5.73 Å². The van der Waals surface area contributed by atoms with Crippen LogP contribution >= 0.6 is 0 Å². The number of benzene rings is 1. The molecule has 1 aromatic carbocycles. The van der Waals surface area contributed by atoms with Crippen molar-refractivity contribution in [2.24, 2.45) is 5.73 Å². The average molecular weight is 277 g/mol. The molecule has 2 rings (SSSR count). The van der Waals surface area contributed by atoms with Crippen LogP contribution in [0.25, 0.3) is 0 Å². The van der Waals surface area contributed by atoms with Gasteiger partial charge in [0.2, 0.25) is 0 Å². The van der Waals surface area contributed by atoms with E-state index in [2.05, 4.69) is 9.71 Å². The fourth-order valence-corrected chi connectivity index (χ4v) is 2.63. The summed E-state index contributed by atoms with van der Waals surface area (Å²) in [6, 6.07) is 11.7. The first-order valence-electron chi connectivity index (χ1n) is 5.85. The fourth-order valence-electron chi connectivity index (χ4n) is 1.62. The molecule has 0 radical (unpaired) electrons. The van der Waals surface area contributed by atoms with Crippen molar-refractivity contribution in [3.05, 3.63) is 54.2 Å². The summed E-state index contributed by atoms with van der Waals surface area (Å²) >= 11 is 0. The van der Waals surface area contributed by atoms with Gasteiger partial charge in [0.05, 0.1) is 4.90 Å². The largest absolute Gasteiger partial charge is 0.330 e. The molecule has 5 nitrogen and oxygen atoms in total. The van der Waals surface area contributed by atoms with Crippen LogP contribution < -0.4 is 10.5 Å². The zero-order valence-electron chi connectivity index (χ0n) is 10.3. The van der Waals surface area contributed by atoms with Crippen molar-refractivity contribution >= 4 is 15.8 Å². The summed E-state index contributed by atoms with van der Waals surface area (Å²) in [6.45, 7) is 0.540. The van der Waals surface area contributed by atoms with Crippen molar-refractivity contribution in [1.29, 1.82) is 0 Å². The Morgan fingerprint density at radius 3 is 2.42 bits per heavy atom. The Balaban J connectivity index is 2.20. The number of rotatable bonds is 5. The Labute approximate surface area is 112 Å². The minimum absolute atomic E-state index is 0.207. The highest BCUT2D eigenvalue weighted by Gasteiger charge is 2.14. The Bertz CT molecular complexity index is 625. The Morgan fingerprint density at radius 1 is 1.11 bits per heavy atom. The summed E-state index contributed by atoms with van der Waals surface area (Å²) in [5.74, 6) is 0.300. The molecule has 0 aliphatic heterocycles. The van der Waals surface area contributed by atoms with E-state index in [1.54, 1.807) is 42.5 Å². The molecule has 0 saturated carbocycles. The van der Waals surface area contributed by atoms with E-state index in [9.17, 15) is 8.42 Å². The maximum Gasteiger partial charge on any atom is 0.263 e. The summed E-state index contributed by atoms with van der Waals surface area (Å²) in [5.41, 5.74) is 6.46. The number of hydrogen-bond acceptors (Lipinski definition) is 4. The first-order valence-corrected chi connectivity index (χ1v) is 7.33. The lowest BCUT2D eigenvalue weighted by molar-refractivity contribution is 0.601. The number of hydrogen-bond donors (Lipinski definition) is 2. The number of aromatic nitrogens is 1. The Hall–Kier alpha value is -1.92. The van der Waals surface area contributed by atoms with E-state index in [1.807, 2.05) is 0 Å². The minimum atomic E-state index is -3.59. The van der Waals surface area contributed by atoms with E-state index in [0.29, 0.717) is 12.4 Å². The molecule has 100 valence electrons. The highest BCUT2D eigenvalue weighted by Crippen LogP contribution is 2.14. The van der Waals surface area contributed by atoms with Gasteiger partial charge in [-0.15, -0.1) is 0 Å². The molecule has 2 aromatic rings. The second kappa shape index (κ2) is 5.81. The van der Waals surface area contributed by atoms with Crippen LogP contribution in [0.1, 0.15) is 5.56 Å². The highest BCUT2D eigenvalue weighted by molar-refractivity contribution is 7.92. The molecular formula is C13H15N3O2S. The van der Waals surface area contributed by atoms with Gasteiger partial charge in [-0.05, 0) is 42.8 Å².